The third kappa shape index (κ3) is 31.4. The molecular formula is C59H83N5O14. The molecular weight excluding hydrogens is 1000 g/mol. The third-order valence-corrected chi connectivity index (χ3v) is 11.3. The Morgan fingerprint density at radius 1 is 0.577 bits per heavy atom. The summed E-state index contributed by atoms with van der Waals surface area (Å²) in [4.78, 5) is 92.1. The molecule has 1 aliphatic rings. The Bertz CT molecular complexity index is 2460. The van der Waals surface area contributed by atoms with E-state index in [1.54, 1.807) is 43.5 Å². The van der Waals surface area contributed by atoms with Crippen LogP contribution in [0.15, 0.2) is 102 Å². The number of amides is 1. The van der Waals surface area contributed by atoms with Crippen molar-refractivity contribution >= 4 is 35.6 Å². The van der Waals surface area contributed by atoms with Crippen LogP contribution in [-0.4, -0.2) is 107 Å². The van der Waals surface area contributed by atoms with Crippen LogP contribution in [0.25, 0.3) is 0 Å². The van der Waals surface area contributed by atoms with E-state index in [-0.39, 0.29) is 51.6 Å². The van der Waals surface area contributed by atoms with Crippen molar-refractivity contribution in [2.45, 2.75) is 138 Å². The summed E-state index contributed by atoms with van der Waals surface area (Å²) >= 11 is 0. The normalized spacial score (nSPS) is 12.1. The fourth-order valence-corrected chi connectivity index (χ4v) is 6.61. The van der Waals surface area contributed by atoms with Gasteiger partial charge in [0, 0.05) is 61.5 Å². The number of rotatable bonds is 26. The highest BCUT2D eigenvalue weighted by atomic mass is 16.5. The van der Waals surface area contributed by atoms with Gasteiger partial charge in [-0.15, -0.1) is 0 Å². The number of allylic oxidation sites excluding steroid dienone is 2. The molecule has 0 radical (unpaired) electrons. The predicted octanol–water partition coefficient (Wildman–Crippen LogP) is 11.1. The Kier molecular flexibility index (Phi) is 35.5. The van der Waals surface area contributed by atoms with Crippen LogP contribution >= 0.6 is 0 Å². The van der Waals surface area contributed by atoms with E-state index in [9.17, 15) is 33.6 Å². The van der Waals surface area contributed by atoms with Crippen LogP contribution in [0.5, 0.6) is 17.6 Å². The standard InChI is InChI=1S/C20H32O3.C13H20N2O2.C13H19NO3.C7H7NO3.C6H5NO3/c1-3-5-7-9-10-12-17-16-18(13-14-19(17)21)20(22)23-15-11-8-6-4-2;1-13(2,3)7-8-14-12(16)10-5-6-11(17-4)15-9-10;1-3-4-5-6-9-17-13(15)11-7-8-12(16-2)14-10-11;1-11-6-3-2-5(4-8-6)7(9)10;8-5-2-1-4(3-7-5)6(9)10/h13-14,16-17H,3-12,15H2,1-2H3;5-6,9H,7-8H2,1-4H3,(H,14,16);7-8,10H,3-6,9H2,1-2H3;2-4H,1H3,(H,9,10);1-3H,(H,7,8)(H,9,10). The number of hydrogen-bond acceptors (Lipinski definition) is 15. The Balaban J connectivity index is 0.000000502. The molecule has 0 saturated carbocycles. The summed E-state index contributed by atoms with van der Waals surface area (Å²) in [6.45, 7) is 14.6. The molecule has 78 heavy (non-hydrogen) atoms. The Labute approximate surface area is 459 Å². The van der Waals surface area contributed by atoms with Gasteiger partial charge in [-0.1, -0.05) is 118 Å². The van der Waals surface area contributed by atoms with Gasteiger partial charge in [0.25, 0.3) is 5.91 Å². The number of aromatic amines is 1. The van der Waals surface area contributed by atoms with E-state index in [4.69, 9.17) is 33.9 Å². The summed E-state index contributed by atoms with van der Waals surface area (Å²) in [6.07, 6.45) is 26.7. The van der Waals surface area contributed by atoms with E-state index < -0.39 is 11.9 Å². The average molecular weight is 1090 g/mol. The fraction of sp³-hybridized carbons (Fsp3) is 0.492. The van der Waals surface area contributed by atoms with E-state index in [0.29, 0.717) is 54.1 Å². The van der Waals surface area contributed by atoms with Gasteiger partial charge in [-0.05, 0) is 67.5 Å². The maximum absolute atomic E-state index is 12.0. The molecule has 1 aliphatic carbocycles. The number of H-pyrrole nitrogens is 1. The molecule has 4 N–H and O–H groups in total. The molecule has 0 aliphatic heterocycles. The number of aromatic nitrogens is 4. The van der Waals surface area contributed by atoms with E-state index in [2.05, 4.69) is 66.8 Å². The second-order valence-electron chi connectivity index (χ2n) is 18.9. The number of ether oxygens (including phenoxy) is 5. The summed E-state index contributed by atoms with van der Waals surface area (Å²) < 4.78 is 25.0. The number of carboxylic acids is 2. The topological polar surface area (TPSA) is 273 Å². The molecule has 428 valence electrons. The molecule has 0 spiro atoms. The second-order valence-corrected chi connectivity index (χ2v) is 18.9. The van der Waals surface area contributed by atoms with E-state index in [0.717, 1.165) is 57.6 Å². The summed E-state index contributed by atoms with van der Waals surface area (Å²) in [6, 6.07) is 12.0. The van der Waals surface area contributed by atoms with Gasteiger partial charge < -0.3 is 44.2 Å². The number of carbonyl (C=O) groups is 6. The zero-order valence-corrected chi connectivity index (χ0v) is 47.1. The predicted molar refractivity (Wildman–Crippen MR) is 298 cm³/mol. The number of hydrogen-bond donors (Lipinski definition) is 4. The van der Waals surface area contributed by atoms with Gasteiger partial charge >= 0.3 is 23.9 Å². The number of carboxylic acid groups (broad SMARTS) is 2. The van der Waals surface area contributed by atoms with Crippen LogP contribution in [0.4, 0.5) is 0 Å². The SMILES string of the molecule is CCCCCCCC1C=C(C(=O)OCCCCCC)C=CC1=O.CCCCCCOC(=O)c1ccc(OC)nc1.COc1ccc(C(=O)NCCC(C)(C)C)cn1.COc1ccc(C(=O)O)cn1.O=C(O)c1ccc(=O)[nH]c1. The van der Waals surface area contributed by atoms with Crippen molar-refractivity contribution in [3.63, 3.8) is 0 Å². The largest absolute Gasteiger partial charge is 0.481 e. The minimum absolute atomic E-state index is 0.0830. The number of nitrogens with one attached hydrogen (secondary N) is 2. The first-order valence-electron chi connectivity index (χ1n) is 26.5. The fourth-order valence-electron chi connectivity index (χ4n) is 6.61. The van der Waals surface area contributed by atoms with Crippen molar-refractivity contribution < 1.29 is 62.7 Å². The number of unbranched alkanes of at least 4 members (excludes halogenated alkanes) is 10. The van der Waals surface area contributed by atoms with Gasteiger partial charge in [0.1, 0.15) is 0 Å². The van der Waals surface area contributed by atoms with E-state index in [1.165, 1.54) is 108 Å². The lowest BCUT2D eigenvalue weighted by Crippen LogP contribution is -2.27. The van der Waals surface area contributed by atoms with Crippen LogP contribution in [0.1, 0.15) is 179 Å². The first-order chi connectivity index (χ1) is 37.3. The summed E-state index contributed by atoms with van der Waals surface area (Å²) in [5.41, 5.74) is 1.72. The molecule has 4 aromatic rings. The van der Waals surface area contributed by atoms with Gasteiger partial charge in [0.05, 0.1) is 62.4 Å². The molecule has 0 fully saturated rings. The number of nitrogens with zero attached hydrogens (tertiary/aromatic N) is 3. The molecule has 1 atom stereocenters. The molecule has 1 unspecified atom stereocenters. The second kappa shape index (κ2) is 40.5. The van der Waals surface area contributed by atoms with E-state index >= 15 is 0 Å². The molecule has 19 nitrogen and oxygen atoms in total. The van der Waals surface area contributed by atoms with Crippen LogP contribution in [0.3, 0.4) is 0 Å². The Hall–Kier alpha value is -7.70. The molecule has 19 heteroatoms. The van der Waals surface area contributed by atoms with Crippen molar-refractivity contribution in [3.8, 4) is 17.6 Å². The maximum Gasteiger partial charge on any atom is 0.339 e. The highest BCUT2D eigenvalue weighted by Gasteiger charge is 2.21. The number of aromatic carboxylic acids is 2. The zero-order valence-electron chi connectivity index (χ0n) is 47.1. The Morgan fingerprint density at radius 3 is 1.47 bits per heavy atom. The molecule has 4 heterocycles. The minimum atomic E-state index is -1.05. The summed E-state index contributed by atoms with van der Waals surface area (Å²) in [5.74, 6) is -1.36. The monoisotopic (exact) mass is 1090 g/mol. The van der Waals surface area contributed by atoms with Crippen LogP contribution in [0.2, 0.25) is 0 Å². The first-order valence-corrected chi connectivity index (χ1v) is 26.5. The van der Waals surface area contributed by atoms with Crippen LogP contribution in [0, 0.1) is 11.3 Å². The molecule has 5 rings (SSSR count). The average Bonchev–Trinajstić information content (AvgIpc) is 3.43. The highest BCUT2D eigenvalue weighted by Crippen LogP contribution is 2.22. The quantitative estimate of drug-likeness (QED) is 0.0336. The number of carbonyl (C=O) groups excluding carboxylic acids is 4. The lowest BCUT2D eigenvalue weighted by Gasteiger charge is -2.17. The molecule has 4 aromatic heterocycles. The lowest BCUT2D eigenvalue weighted by molar-refractivity contribution is -0.138. The van der Waals surface area contributed by atoms with Crippen molar-refractivity contribution in [1.29, 1.82) is 0 Å². The van der Waals surface area contributed by atoms with Crippen molar-refractivity contribution in [1.82, 2.24) is 25.3 Å². The number of esters is 2. The maximum atomic E-state index is 12.0. The number of pyridine rings is 4. The van der Waals surface area contributed by atoms with Gasteiger partial charge in [-0.3, -0.25) is 14.4 Å². The van der Waals surface area contributed by atoms with Gasteiger partial charge in [0.2, 0.25) is 23.2 Å². The van der Waals surface area contributed by atoms with Crippen molar-refractivity contribution in [2.24, 2.45) is 11.3 Å². The van der Waals surface area contributed by atoms with Gasteiger partial charge in [0.15, 0.2) is 5.78 Å². The van der Waals surface area contributed by atoms with Gasteiger partial charge in [-0.2, -0.15) is 0 Å². The van der Waals surface area contributed by atoms with Crippen molar-refractivity contribution in [2.75, 3.05) is 41.1 Å². The first kappa shape index (κ1) is 68.3. The van der Waals surface area contributed by atoms with Crippen LogP contribution in [-0.2, 0) is 19.1 Å². The number of ketones is 1. The van der Waals surface area contributed by atoms with Crippen molar-refractivity contribution in [3.05, 3.63) is 130 Å². The lowest BCUT2D eigenvalue weighted by atomic mass is 9.90. The zero-order chi connectivity index (χ0) is 58.1. The third-order valence-electron chi connectivity index (χ3n) is 11.3. The summed E-state index contributed by atoms with van der Waals surface area (Å²) in [5, 5.41) is 19.7. The van der Waals surface area contributed by atoms with Crippen LogP contribution < -0.4 is 25.1 Å². The minimum Gasteiger partial charge on any atom is -0.481 e. The molecule has 0 aromatic carbocycles. The Morgan fingerprint density at radius 2 is 1.04 bits per heavy atom. The van der Waals surface area contributed by atoms with E-state index in [1.807, 2.05) is 0 Å². The smallest absolute Gasteiger partial charge is 0.339 e. The molecule has 0 saturated heterocycles. The van der Waals surface area contributed by atoms with Gasteiger partial charge in [-0.25, -0.2) is 34.1 Å². The molecule has 0 bridgehead atoms. The number of methoxy groups -OCH3 is 3. The summed E-state index contributed by atoms with van der Waals surface area (Å²) in [7, 11) is 4.56. The molecule has 1 amide bonds. The highest BCUT2D eigenvalue weighted by molar-refractivity contribution is 6.01.